The average molecular weight is 478 g/mol. The standard InChI is InChI=1S/C28H23N5OS/c1-18(2)33-27(23-16-35-24-11-7-6-10-22(23)24)32-25-26(29-17-30-28(25)33)31-19-12-14-21(15-13-19)34-20-8-4-3-5-9-20/h3-18H,1-2H3,(H,29,30,31). The van der Waals surface area contributed by atoms with Gasteiger partial charge in [-0.3, -0.25) is 0 Å². The number of thiophene rings is 1. The number of ether oxygens (including phenoxy) is 1. The highest BCUT2D eigenvalue weighted by Crippen LogP contribution is 2.37. The van der Waals surface area contributed by atoms with Crippen molar-refractivity contribution in [1.29, 1.82) is 0 Å². The average Bonchev–Trinajstić information content (AvgIpc) is 3.48. The van der Waals surface area contributed by atoms with Crippen LogP contribution in [0.25, 0.3) is 32.6 Å². The summed E-state index contributed by atoms with van der Waals surface area (Å²) in [6.45, 7) is 4.31. The van der Waals surface area contributed by atoms with Crippen LogP contribution < -0.4 is 10.1 Å². The van der Waals surface area contributed by atoms with Crippen molar-refractivity contribution in [2.45, 2.75) is 19.9 Å². The first-order valence-electron chi connectivity index (χ1n) is 11.5. The Balaban J connectivity index is 1.37. The molecule has 0 unspecified atom stereocenters. The Labute approximate surface area is 206 Å². The molecule has 6 aromatic rings. The van der Waals surface area contributed by atoms with E-state index in [1.807, 2.05) is 54.6 Å². The molecule has 0 aliphatic carbocycles. The van der Waals surface area contributed by atoms with Crippen molar-refractivity contribution >= 4 is 44.1 Å². The lowest BCUT2D eigenvalue weighted by molar-refractivity contribution is 0.483. The number of rotatable bonds is 6. The number of anilines is 2. The minimum absolute atomic E-state index is 0.186. The second-order valence-electron chi connectivity index (χ2n) is 8.50. The molecule has 0 saturated heterocycles. The van der Waals surface area contributed by atoms with Crippen molar-refractivity contribution in [3.63, 3.8) is 0 Å². The van der Waals surface area contributed by atoms with Crippen LogP contribution >= 0.6 is 11.3 Å². The minimum atomic E-state index is 0.186. The van der Waals surface area contributed by atoms with Gasteiger partial charge in [0.2, 0.25) is 0 Å². The van der Waals surface area contributed by atoms with E-state index in [1.165, 1.54) is 10.1 Å². The molecule has 1 N–H and O–H groups in total. The Morgan fingerprint density at radius 3 is 2.40 bits per heavy atom. The summed E-state index contributed by atoms with van der Waals surface area (Å²) in [5.74, 6) is 3.15. The first kappa shape index (κ1) is 21.3. The Hall–Kier alpha value is -4.23. The summed E-state index contributed by atoms with van der Waals surface area (Å²) < 4.78 is 9.34. The van der Waals surface area contributed by atoms with Gasteiger partial charge in [-0.1, -0.05) is 36.4 Å². The van der Waals surface area contributed by atoms with Gasteiger partial charge in [0.15, 0.2) is 17.0 Å². The Morgan fingerprint density at radius 1 is 0.857 bits per heavy atom. The van der Waals surface area contributed by atoms with Crippen molar-refractivity contribution < 1.29 is 4.74 Å². The second-order valence-corrected chi connectivity index (χ2v) is 9.41. The molecule has 3 aromatic carbocycles. The summed E-state index contributed by atoms with van der Waals surface area (Å²) in [7, 11) is 0. The molecule has 0 atom stereocenters. The highest BCUT2D eigenvalue weighted by Gasteiger charge is 2.21. The van der Waals surface area contributed by atoms with E-state index in [4.69, 9.17) is 9.72 Å². The van der Waals surface area contributed by atoms with Gasteiger partial charge >= 0.3 is 0 Å². The number of para-hydroxylation sites is 1. The summed E-state index contributed by atoms with van der Waals surface area (Å²) in [6.07, 6.45) is 1.59. The molecule has 6 nitrogen and oxygen atoms in total. The van der Waals surface area contributed by atoms with E-state index in [0.29, 0.717) is 5.82 Å². The molecule has 3 heterocycles. The molecule has 7 heteroatoms. The normalized spacial score (nSPS) is 11.4. The molecule has 0 aliphatic rings. The van der Waals surface area contributed by atoms with E-state index in [9.17, 15) is 0 Å². The predicted octanol–water partition coefficient (Wildman–Crippen LogP) is 7.82. The first-order chi connectivity index (χ1) is 17.2. The van der Waals surface area contributed by atoms with Crippen molar-refractivity contribution in [1.82, 2.24) is 19.5 Å². The molecule has 0 aliphatic heterocycles. The Kier molecular flexibility index (Phi) is 5.39. The van der Waals surface area contributed by atoms with Crippen LogP contribution in [0, 0.1) is 0 Å². The number of hydrogen-bond donors (Lipinski definition) is 1. The zero-order valence-corrected chi connectivity index (χ0v) is 20.2. The van der Waals surface area contributed by atoms with Crippen LogP contribution in [0.4, 0.5) is 11.5 Å². The fraction of sp³-hybridized carbons (Fsp3) is 0.107. The van der Waals surface area contributed by atoms with Crippen LogP contribution in [0.1, 0.15) is 19.9 Å². The summed E-state index contributed by atoms with van der Waals surface area (Å²) in [4.78, 5) is 14.2. The second kappa shape index (κ2) is 8.85. The maximum Gasteiger partial charge on any atom is 0.166 e. The van der Waals surface area contributed by atoms with Gasteiger partial charge < -0.3 is 14.6 Å². The SMILES string of the molecule is CC(C)n1c(-c2csc3ccccc23)nc2c(Nc3ccc(Oc4ccccc4)cc3)ncnc21. The minimum Gasteiger partial charge on any atom is -0.457 e. The van der Waals surface area contributed by atoms with Crippen LogP contribution in [0.2, 0.25) is 0 Å². The molecule has 3 aromatic heterocycles. The maximum absolute atomic E-state index is 5.91. The smallest absolute Gasteiger partial charge is 0.166 e. The molecule has 0 fully saturated rings. The topological polar surface area (TPSA) is 64.9 Å². The molecule has 6 rings (SSSR count). The molecule has 0 bridgehead atoms. The van der Waals surface area contributed by atoms with Crippen molar-refractivity contribution in [2.75, 3.05) is 5.32 Å². The summed E-state index contributed by atoms with van der Waals surface area (Å²) in [5.41, 5.74) is 3.57. The van der Waals surface area contributed by atoms with E-state index in [2.05, 4.69) is 63.3 Å². The third-order valence-corrected chi connectivity index (χ3v) is 6.77. The van der Waals surface area contributed by atoms with Gasteiger partial charge in [0.25, 0.3) is 0 Å². The summed E-state index contributed by atoms with van der Waals surface area (Å²) >= 11 is 1.73. The van der Waals surface area contributed by atoms with Gasteiger partial charge in [-0.05, 0) is 56.3 Å². The van der Waals surface area contributed by atoms with Crippen molar-refractivity contribution in [3.8, 4) is 22.9 Å². The molecule has 172 valence electrons. The fourth-order valence-corrected chi connectivity index (χ4v) is 5.14. The Bertz CT molecular complexity index is 1620. The van der Waals surface area contributed by atoms with Gasteiger partial charge in [0.05, 0.1) is 0 Å². The first-order valence-corrected chi connectivity index (χ1v) is 12.3. The number of benzene rings is 3. The molecule has 35 heavy (non-hydrogen) atoms. The van der Waals surface area contributed by atoms with E-state index in [0.717, 1.165) is 39.7 Å². The largest absolute Gasteiger partial charge is 0.457 e. The Morgan fingerprint density at radius 2 is 1.60 bits per heavy atom. The van der Waals surface area contributed by atoms with Crippen LogP contribution in [-0.2, 0) is 0 Å². The lowest BCUT2D eigenvalue weighted by atomic mass is 10.1. The zero-order valence-electron chi connectivity index (χ0n) is 19.3. The van der Waals surface area contributed by atoms with E-state index in [-0.39, 0.29) is 6.04 Å². The van der Waals surface area contributed by atoms with Crippen LogP contribution in [0.5, 0.6) is 11.5 Å². The summed E-state index contributed by atoms with van der Waals surface area (Å²) in [5, 5.41) is 6.80. The van der Waals surface area contributed by atoms with Gasteiger partial charge in [-0.15, -0.1) is 11.3 Å². The van der Waals surface area contributed by atoms with E-state index in [1.54, 1.807) is 17.7 Å². The fourth-order valence-electron chi connectivity index (χ4n) is 4.20. The lowest BCUT2D eigenvalue weighted by Gasteiger charge is -2.12. The number of nitrogens with one attached hydrogen (secondary N) is 1. The van der Waals surface area contributed by atoms with E-state index >= 15 is 0 Å². The third kappa shape index (κ3) is 4.00. The van der Waals surface area contributed by atoms with Gasteiger partial charge in [0.1, 0.15) is 23.7 Å². The van der Waals surface area contributed by atoms with Crippen LogP contribution in [0.3, 0.4) is 0 Å². The monoisotopic (exact) mass is 477 g/mol. The molecule has 0 saturated carbocycles. The predicted molar refractivity (Wildman–Crippen MR) is 143 cm³/mol. The molecular formula is C28H23N5OS. The van der Waals surface area contributed by atoms with Gasteiger partial charge in [-0.2, -0.15) is 0 Å². The third-order valence-electron chi connectivity index (χ3n) is 5.81. The lowest BCUT2D eigenvalue weighted by Crippen LogP contribution is -2.04. The molecular weight excluding hydrogens is 454 g/mol. The van der Waals surface area contributed by atoms with Crippen LogP contribution in [0.15, 0.2) is 90.6 Å². The molecule has 0 spiro atoms. The molecule has 0 amide bonds. The maximum atomic E-state index is 5.91. The summed E-state index contributed by atoms with van der Waals surface area (Å²) in [6, 6.07) is 26.2. The number of imidazole rings is 1. The number of nitrogens with zero attached hydrogens (tertiary/aromatic N) is 4. The number of hydrogen-bond acceptors (Lipinski definition) is 6. The van der Waals surface area contributed by atoms with E-state index < -0.39 is 0 Å². The highest BCUT2D eigenvalue weighted by atomic mass is 32.1. The number of aromatic nitrogens is 4. The number of fused-ring (bicyclic) bond motifs is 2. The van der Waals surface area contributed by atoms with Crippen molar-refractivity contribution in [3.05, 3.63) is 90.6 Å². The van der Waals surface area contributed by atoms with Crippen molar-refractivity contribution in [2.24, 2.45) is 0 Å². The highest BCUT2D eigenvalue weighted by molar-refractivity contribution is 7.17. The van der Waals surface area contributed by atoms with Gasteiger partial charge in [-0.25, -0.2) is 15.0 Å². The van der Waals surface area contributed by atoms with Gasteiger partial charge in [0, 0.05) is 32.8 Å². The zero-order chi connectivity index (χ0) is 23.8. The quantitative estimate of drug-likeness (QED) is 0.265. The molecule has 0 radical (unpaired) electrons. The van der Waals surface area contributed by atoms with Crippen LogP contribution in [-0.4, -0.2) is 19.5 Å².